The maximum atomic E-state index is 14.9. The molecule has 0 saturated heterocycles. The van der Waals surface area contributed by atoms with Crippen LogP contribution in [0.4, 0.5) is 10.1 Å². The third kappa shape index (κ3) is 1.79. The first-order chi connectivity index (χ1) is 11.3. The van der Waals surface area contributed by atoms with Gasteiger partial charge in [-0.05, 0) is 29.2 Å². The molecule has 2 aromatic rings. The molecule has 0 amide bonds. The van der Waals surface area contributed by atoms with Crippen molar-refractivity contribution in [1.82, 2.24) is 0 Å². The number of para-hydroxylation sites is 1. The summed E-state index contributed by atoms with van der Waals surface area (Å²) in [6.45, 7) is 0. The Morgan fingerprint density at radius 3 is 2.43 bits per heavy atom. The van der Waals surface area contributed by atoms with Crippen LogP contribution in [-0.2, 0) is 6.42 Å². The smallest absolute Gasteiger partial charge is 0.209 e. The molecule has 3 nitrogen and oxygen atoms in total. The third-order valence-corrected chi connectivity index (χ3v) is 4.60. The van der Waals surface area contributed by atoms with E-state index >= 15 is 0 Å². The molecular formula is C19H12FN3. The molecule has 2 aromatic carbocycles. The Bertz CT molecular complexity index is 917. The molecule has 0 fully saturated rings. The minimum atomic E-state index is -0.799. The Kier molecular flexibility index (Phi) is 2.93. The van der Waals surface area contributed by atoms with Gasteiger partial charge in [-0.2, -0.15) is 14.9 Å². The number of fused-ring (bicyclic) bond motifs is 5. The van der Waals surface area contributed by atoms with Gasteiger partial charge < -0.3 is 4.90 Å². The van der Waals surface area contributed by atoms with E-state index in [-0.39, 0.29) is 5.57 Å². The molecule has 0 unspecified atom stereocenters. The summed E-state index contributed by atoms with van der Waals surface area (Å²) >= 11 is 0. The van der Waals surface area contributed by atoms with E-state index in [4.69, 9.17) is 0 Å². The highest BCUT2D eigenvalue weighted by Crippen LogP contribution is 2.50. The number of halogens is 1. The quantitative estimate of drug-likeness (QED) is 0.691. The van der Waals surface area contributed by atoms with Crippen LogP contribution in [0.3, 0.4) is 0 Å². The van der Waals surface area contributed by atoms with Gasteiger partial charge in [0.25, 0.3) is 0 Å². The second kappa shape index (κ2) is 4.97. The van der Waals surface area contributed by atoms with Gasteiger partial charge in [0, 0.05) is 5.69 Å². The van der Waals surface area contributed by atoms with E-state index in [1.54, 1.807) is 0 Å². The molecule has 4 rings (SSSR count). The Morgan fingerprint density at radius 1 is 1.00 bits per heavy atom. The summed E-state index contributed by atoms with van der Waals surface area (Å²) in [6.07, 6.45) is 0.687. The molecule has 0 saturated carbocycles. The van der Waals surface area contributed by atoms with E-state index < -0.39 is 17.9 Å². The normalized spacial score (nSPS) is 21.6. The molecule has 0 bridgehead atoms. The van der Waals surface area contributed by atoms with Crippen molar-refractivity contribution in [3.05, 3.63) is 76.7 Å². The molecule has 0 spiro atoms. The zero-order valence-corrected chi connectivity index (χ0v) is 12.2. The van der Waals surface area contributed by atoms with E-state index in [0.717, 1.165) is 22.4 Å². The molecule has 0 aromatic heterocycles. The van der Waals surface area contributed by atoms with Gasteiger partial charge in [-0.3, -0.25) is 0 Å². The standard InChI is InChI=1S/C19H12FN3/c20-19-16(11-22)15(10-21)18-14-7-3-1-5-12(14)9-13-6-2-4-8-17(13)23(18)19/h1-8,15,18H,9H2/t15-,18-/m0/s1. The number of anilines is 1. The lowest BCUT2D eigenvalue weighted by Gasteiger charge is -2.28. The van der Waals surface area contributed by atoms with Crippen LogP contribution >= 0.6 is 0 Å². The first-order valence-electron chi connectivity index (χ1n) is 7.40. The fourth-order valence-electron chi connectivity index (χ4n) is 3.60. The lowest BCUT2D eigenvalue weighted by Crippen LogP contribution is -2.25. The first kappa shape index (κ1) is 13.5. The number of hydrogen-bond donors (Lipinski definition) is 0. The highest BCUT2D eigenvalue weighted by molar-refractivity contribution is 5.68. The van der Waals surface area contributed by atoms with Crippen molar-refractivity contribution in [3.63, 3.8) is 0 Å². The van der Waals surface area contributed by atoms with Crippen LogP contribution in [0.2, 0.25) is 0 Å². The molecule has 2 heterocycles. The number of rotatable bonds is 0. The van der Waals surface area contributed by atoms with Gasteiger partial charge in [-0.15, -0.1) is 0 Å². The molecule has 2 aliphatic rings. The van der Waals surface area contributed by atoms with Crippen LogP contribution < -0.4 is 4.90 Å². The van der Waals surface area contributed by atoms with Gasteiger partial charge in [-0.1, -0.05) is 42.5 Å². The molecule has 0 N–H and O–H groups in total. The second-order valence-electron chi connectivity index (χ2n) is 5.74. The Balaban J connectivity index is 2.05. The van der Waals surface area contributed by atoms with Crippen molar-refractivity contribution in [2.45, 2.75) is 12.5 Å². The number of nitrogens with zero attached hydrogens (tertiary/aromatic N) is 3. The lowest BCUT2D eigenvalue weighted by molar-refractivity contribution is 0.560. The van der Waals surface area contributed by atoms with Crippen LogP contribution in [0, 0.1) is 28.6 Å². The van der Waals surface area contributed by atoms with Gasteiger partial charge in [-0.25, -0.2) is 0 Å². The average molecular weight is 301 g/mol. The van der Waals surface area contributed by atoms with Gasteiger partial charge in [0.1, 0.15) is 17.6 Å². The minimum absolute atomic E-state index is 0.0796. The van der Waals surface area contributed by atoms with E-state index in [9.17, 15) is 14.9 Å². The molecule has 2 atom stereocenters. The van der Waals surface area contributed by atoms with Crippen LogP contribution in [0.5, 0.6) is 0 Å². The van der Waals surface area contributed by atoms with Crippen molar-refractivity contribution in [3.8, 4) is 12.1 Å². The third-order valence-electron chi connectivity index (χ3n) is 4.60. The van der Waals surface area contributed by atoms with Crippen LogP contribution in [0.1, 0.15) is 22.7 Å². The summed E-state index contributed by atoms with van der Waals surface area (Å²) in [7, 11) is 0. The second-order valence-corrected chi connectivity index (χ2v) is 5.74. The Hall–Kier alpha value is -3.11. The monoisotopic (exact) mass is 301 g/mol. The predicted octanol–water partition coefficient (Wildman–Crippen LogP) is 4.00. The topological polar surface area (TPSA) is 50.8 Å². The van der Waals surface area contributed by atoms with E-state index in [1.807, 2.05) is 54.6 Å². The van der Waals surface area contributed by atoms with Crippen LogP contribution in [0.15, 0.2) is 60.1 Å². The van der Waals surface area contributed by atoms with Crippen molar-refractivity contribution in [2.75, 3.05) is 4.90 Å². The summed E-state index contributed by atoms with van der Waals surface area (Å²) in [6, 6.07) is 18.9. The van der Waals surface area contributed by atoms with Crippen molar-refractivity contribution in [1.29, 1.82) is 10.5 Å². The fraction of sp³-hybridized carbons (Fsp3) is 0.158. The maximum absolute atomic E-state index is 14.9. The Labute approximate surface area is 133 Å². The SMILES string of the molecule is N#CC1=C(F)N2c3ccccc3Cc3ccccc3[C@H]2[C@H]1C#N. The maximum Gasteiger partial charge on any atom is 0.209 e. The first-order valence-corrected chi connectivity index (χ1v) is 7.40. The molecule has 4 heteroatoms. The van der Waals surface area contributed by atoms with Crippen molar-refractivity contribution >= 4 is 5.69 Å². The highest BCUT2D eigenvalue weighted by Gasteiger charge is 2.46. The molecule has 0 radical (unpaired) electrons. The summed E-state index contributed by atoms with van der Waals surface area (Å²) < 4.78 is 14.9. The predicted molar refractivity (Wildman–Crippen MR) is 83.8 cm³/mol. The summed E-state index contributed by atoms with van der Waals surface area (Å²) in [5, 5.41) is 18.9. The van der Waals surface area contributed by atoms with Crippen LogP contribution in [-0.4, -0.2) is 0 Å². The van der Waals surface area contributed by atoms with Gasteiger partial charge in [0.05, 0.1) is 12.1 Å². The van der Waals surface area contributed by atoms with Gasteiger partial charge in [0.15, 0.2) is 0 Å². The largest absolute Gasteiger partial charge is 0.308 e. The molecule has 0 aliphatic carbocycles. The van der Waals surface area contributed by atoms with E-state index in [2.05, 4.69) is 6.07 Å². The molecule has 23 heavy (non-hydrogen) atoms. The van der Waals surface area contributed by atoms with Crippen molar-refractivity contribution < 1.29 is 4.39 Å². The Morgan fingerprint density at radius 2 is 1.70 bits per heavy atom. The summed E-state index contributed by atoms with van der Waals surface area (Å²) in [5.74, 6) is -1.40. The van der Waals surface area contributed by atoms with Gasteiger partial charge in [0.2, 0.25) is 5.95 Å². The number of nitriles is 2. The van der Waals surface area contributed by atoms with E-state index in [0.29, 0.717) is 6.42 Å². The number of benzene rings is 2. The minimum Gasteiger partial charge on any atom is -0.308 e. The lowest BCUT2D eigenvalue weighted by atomic mass is 9.88. The number of hydrogen-bond acceptors (Lipinski definition) is 3. The average Bonchev–Trinajstić information content (AvgIpc) is 2.78. The highest BCUT2D eigenvalue weighted by atomic mass is 19.1. The molecule has 2 aliphatic heterocycles. The van der Waals surface area contributed by atoms with E-state index in [1.165, 1.54) is 4.90 Å². The molecular weight excluding hydrogens is 289 g/mol. The summed E-state index contributed by atoms with van der Waals surface area (Å²) in [4.78, 5) is 1.52. The fourth-order valence-corrected chi connectivity index (χ4v) is 3.60. The zero-order chi connectivity index (χ0) is 16.0. The molecule has 110 valence electrons. The van der Waals surface area contributed by atoms with Gasteiger partial charge >= 0.3 is 0 Å². The van der Waals surface area contributed by atoms with Crippen LogP contribution in [0.25, 0.3) is 0 Å². The zero-order valence-electron chi connectivity index (χ0n) is 12.2. The van der Waals surface area contributed by atoms with Crippen molar-refractivity contribution in [2.24, 2.45) is 5.92 Å². The summed E-state index contributed by atoms with van der Waals surface area (Å²) in [5.41, 5.74) is 3.63.